The zero-order valence-corrected chi connectivity index (χ0v) is 10.6. The van der Waals surface area contributed by atoms with Crippen LogP contribution in [-0.4, -0.2) is 28.6 Å². The maximum atomic E-state index is 12.2. The highest BCUT2D eigenvalue weighted by atomic mass is 16.3. The Balaban J connectivity index is 2.26. The van der Waals surface area contributed by atoms with Gasteiger partial charge in [0.15, 0.2) is 0 Å². The Morgan fingerprint density at radius 1 is 1.39 bits per heavy atom. The van der Waals surface area contributed by atoms with Crippen LogP contribution in [0.4, 0.5) is 0 Å². The van der Waals surface area contributed by atoms with E-state index in [2.05, 4.69) is 10.3 Å². The summed E-state index contributed by atoms with van der Waals surface area (Å²) in [5, 5.41) is 13.1. The van der Waals surface area contributed by atoms with E-state index in [0.717, 1.165) is 10.9 Å². The Hall–Kier alpha value is -1.81. The zero-order chi connectivity index (χ0) is 13.1. The SMILES string of the molecule is CC(C)C(CO)NC(=O)c1cccc2cc[nH]c12. The van der Waals surface area contributed by atoms with Crippen LogP contribution in [-0.2, 0) is 0 Å². The highest BCUT2D eigenvalue weighted by Crippen LogP contribution is 2.17. The topological polar surface area (TPSA) is 65.1 Å². The molecule has 96 valence electrons. The quantitative estimate of drug-likeness (QED) is 0.771. The lowest BCUT2D eigenvalue weighted by molar-refractivity contribution is 0.0898. The first-order valence-corrected chi connectivity index (χ1v) is 6.11. The highest BCUT2D eigenvalue weighted by Gasteiger charge is 2.17. The number of nitrogens with one attached hydrogen (secondary N) is 2. The lowest BCUT2D eigenvalue weighted by Crippen LogP contribution is -2.41. The van der Waals surface area contributed by atoms with Crippen molar-refractivity contribution in [2.75, 3.05) is 6.61 Å². The van der Waals surface area contributed by atoms with Crippen molar-refractivity contribution in [3.05, 3.63) is 36.0 Å². The van der Waals surface area contributed by atoms with Crippen molar-refractivity contribution >= 4 is 16.8 Å². The molecule has 0 fully saturated rings. The van der Waals surface area contributed by atoms with Gasteiger partial charge in [0.25, 0.3) is 5.91 Å². The standard InChI is InChI=1S/C14H18N2O2/c1-9(2)12(8-17)16-14(18)11-5-3-4-10-6-7-15-13(10)11/h3-7,9,12,15,17H,8H2,1-2H3,(H,16,18). The number of hydrogen-bond donors (Lipinski definition) is 3. The van der Waals surface area contributed by atoms with Gasteiger partial charge in [-0.15, -0.1) is 0 Å². The lowest BCUT2D eigenvalue weighted by Gasteiger charge is -2.20. The van der Waals surface area contributed by atoms with Crippen LogP contribution in [0.1, 0.15) is 24.2 Å². The minimum Gasteiger partial charge on any atom is -0.394 e. The minimum absolute atomic E-state index is 0.0515. The molecule has 4 heteroatoms. The summed E-state index contributed by atoms with van der Waals surface area (Å²) in [6.07, 6.45) is 1.81. The van der Waals surface area contributed by atoms with Gasteiger partial charge in [-0.25, -0.2) is 0 Å². The van der Waals surface area contributed by atoms with E-state index in [1.807, 2.05) is 38.2 Å². The molecule has 18 heavy (non-hydrogen) atoms. The zero-order valence-electron chi connectivity index (χ0n) is 10.6. The van der Waals surface area contributed by atoms with Crippen molar-refractivity contribution < 1.29 is 9.90 Å². The Kier molecular flexibility index (Phi) is 3.67. The van der Waals surface area contributed by atoms with E-state index in [9.17, 15) is 9.90 Å². The van der Waals surface area contributed by atoms with Gasteiger partial charge in [-0.2, -0.15) is 0 Å². The Bertz CT molecular complexity index is 545. The van der Waals surface area contributed by atoms with Gasteiger partial charge >= 0.3 is 0 Å². The summed E-state index contributed by atoms with van der Waals surface area (Å²) in [6, 6.07) is 7.30. The second-order valence-corrected chi connectivity index (χ2v) is 4.75. The predicted octanol–water partition coefficient (Wildman–Crippen LogP) is 1.91. The molecule has 1 aromatic heterocycles. The lowest BCUT2D eigenvalue weighted by atomic mass is 10.0. The van der Waals surface area contributed by atoms with Crippen LogP contribution in [0.2, 0.25) is 0 Å². The largest absolute Gasteiger partial charge is 0.394 e. The van der Waals surface area contributed by atoms with Crippen molar-refractivity contribution in [1.82, 2.24) is 10.3 Å². The molecule has 0 radical (unpaired) electrons. The molecule has 4 nitrogen and oxygen atoms in total. The number of fused-ring (bicyclic) bond motifs is 1. The van der Waals surface area contributed by atoms with Gasteiger partial charge in [0.2, 0.25) is 0 Å². The molecule has 0 saturated carbocycles. The van der Waals surface area contributed by atoms with E-state index >= 15 is 0 Å². The van der Waals surface area contributed by atoms with Crippen molar-refractivity contribution in [3.63, 3.8) is 0 Å². The number of carbonyl (C=O) groups is 1. The summed E-state index contributed by atoms with van der Waals surface area (Å²) >= 11 is 0. The number of aromatic amines is 1. The van der Waals surface area contributed by atoms with Crippen LogP contribution in [0.5, 0.6) is 0 Å². The molecule has 1 heterocycles. The fraction of sp³-hybridized carbons (Fsp3) is 0.357. The smallest absolute Gasteiger partial charge is 0.253 e. The molecule has 0 aliphatic rings. The summed E-state index contributed by atoms with van der Waals surface area (Å²) in [7, 11) is 0. The molecule has 1 amide bonds. The summed E-state index contributed by atoms with van der Waals surface area (Å²) in [4.78, 5) is 15.3. The normalized spacial score (nSPS) is 12.9. The van der Waals surface area contributed by atoms with Crippen LogP contribution < -0.4 is 5.32 Å². The van der Waals surface area contributed by atoms with E-state index in [-0.39, 0.29) is 24.5 Å². The van der Waals surface area contributed by atoms with E-state index in [0.29, 0.717) is 5.56 Å². The molecular weight excluding hydrogens is 228 g/mol. The molecule has 0 aliphatic heterocycles. The van der Waals surface area contributed by atoms with Crippen LogP contribution in [0, 0.1) is 5.92 Å². The predicted molar refractivity (Wildman–Crippen MR) is 71.5 cm³/mol. The molecule has 1 atom stereocenters. The first-order chi connectivity index (χ1) is 8.63. The number of aliphatic hydroxyl groups is 1. The summed E-state index contributed by atoms with van der Waals surface area (Å²) < 4.78 is 0. The van der Waals surface area contributed by atoms with E-state index in [4.69, 9.17) is 0 Å². The average Bonchev–Trinajstić information content (AvgIpc) is 2.82. The van der Waals surface area contributed by atoms with Gasteiger partial charge in [0.1, 0.15) is 0 Å². The van der Waals surface area contributed by atoms with Gasteiger partial charge in [-0.3, -0.25) is 4.79 Å². The number of aliphatic hydroxyl groups excluding tert-OH is 1. The number of amides is 1. The van der Waals surface area contributed by atoms with Gasteiger partial charge in [-0.1, -0.05) is 26.0 Å². The second-order valence-electron chi connectivity index (χ2n) is 4.75. The number of hydrogen-bond acceptors (Lipinski definition) is 2. The molecule has 2 aromatic rings. The molecule has 0 aliphatic carbocycles. The van der Waals surface area contributed by atoms with Crippen LogP contribution >= 0.6 is 0 Å². The number of aromatic nitrogens is 1. The maximum Gasteiger partial charge on any atom is 0.253 e. The number of benzene rings is 1. The molecule has 3 N–H and O–H groups in total. The van der Waals surface area contributed by atoms with Gasteiger partial charge in [0, 0.05) is 11.6 Å². The first-order valence-electron chi connectivity index (χ1n) is 6.11. The van der Waals surface area contributed by atoms with Crippen LogP contribution in [0.3, 0.4) is 0 Å². The minimum atomic E-state index is -0.220. The first kappa shape index (κ1) is 12.6. The number of H-pyrrole nitrogens is 1. The molecule has 0 spiro atoms. The third kappa shape index (κ3) is 2.38. The molecule has 2 rings (SSSR count). The van der Waals surface area contributed by atoms with Gasteiger partial charge < -0.3 is 15.4 Å². The van der Waals surface area contributed by atoms with Crippen LogP contribution in [0.25, 0.3) is 10.9 Å². The molecule has 0 bridgehead atoms. The maximum absolute atomic E-state index is 12.2. The van der Waals surface area contributed by atoms with Crippen LogP contribution in [0.15, 0.2) is 30.5 Å². The Labute approximate surface area is 106 Å². The summed E-state index contributed by atoms with van der Waals surface area (Å²) in [5.74, 6) is 0.0394. The molecule has 1 unspecified atom stereocenters. The third-order valence-electron chi connectivity index (χ3n) is 3.15. The second kappa shape index (κ2) is 5.23. The van der Waals surface area contributed by atoms with Crippen molar-refractivity contribution in [2.24, 2.45) is 5.92 Å². The summed E-state index contributed by atoms with van der Waals surface area (Å²) in [6.45, 7) is 3.89. The molecule has 1 aromatic carbocycles. The Morgan fingerprint density at radius 2 is 2.17 bits per heavy atom. The van der Waals surface area contributed by atoms with Crippen molar-refractivity contribution in [2.45, 2.75) is 19.9 Å². The highest BCUT2D eigenvalue weighted by molar-refractivity contribution is 6.05. The Morgan fingerprint density at radius 3 is 2.83 bits per heavy atom. The van der Waals surface area contributed by atoms with E-state index in [1.54, 1.807) is 6.07 Å². The van der Waals surface area contributed by atoms with E-state index in [1.165, 1.54) is 0 Å². The number of carbonyl (C=O) groups excluding carboxylic acids is 1. The monoisotopic (exact) mass is 246 g/mol. The fourth-order valence-corrected chi connectivity index (χ4v) is 1.94. The van der Waals surface area contributed by atoms with Crippen molar-refractivity contribution in [1.29, 1.82) is 0 Å². The average molecular weight is 246 g/mol. The molecule has 0 saturated heterocycles. The van der Waals surface area contributed by atoms with E-state index < -0.39 is 0 Å². The molecular formula is C14H18N2O2. The number of para-hydroxylation sites is 1. The van der Waals surface area contributed by atoms with Gasteiger partial charge in [0.05, 0.1) is 23.7 Å². The summed E-state index contributed by atoms with van der Waals surface area (Å²) in [5.41, 5.74) is 1.44. The third-order valence-corrected chi connectivity index (χ3v) is 3.15. The van der Waals surface area contributed by atoms with Crippen molar-refractivity contribution in [3.8, 4) is 0 Å². The van der Waals surface area contributed by atoms with Gasteiger partial charge in [-0.05, 0) is 18.1 Å². The fourth-order valence-electron chi connectivity index (χ4n) is 1.94. The number of rotatable bonds is 4.